The van der Waals surface area contributed by atoms with Crippen LogP contribution in [0.2, 0.25) is 10.0 Å². The van der Waals surface area contributed by atoms with E-state index in [-0.39, 0.29) is 24.4 Å². The van der Waals surface area contributed by atoms with Crippen molar-refractivity contribution >= 4 is 52.4 Å². The Morgan fingerprint density at radius 1 is 1.14 bits per heavy atom. The highest BCUT2D eigenvalue weighted by Crippen LogP contribution is 2.41. The van der Waals surface area contributed by atoms with Gasteiger partial charge in [0.2, 0.25) is 11.8 Å². The lowest BCUT2D eigenvalue weighted by atomic mass is 9.93. The zero-order chi connectivity index (χ0) is 25.5. The van der Waals surface area contributed by atoms with Gasteiger partial charge in [-0.2, -0.15) is 0 Å². The average Bonchev–Trinajstić information content (AvgIpc) is 3.36. The molecular formula is C28H28Cl2N2O3S. The second kappa shape index (κ2) is 12.5. The van der Waals surface area contributed by atoms with Crippen LogP contribution in [0, 0.1) is 0 Å². The van der Waals surface area contributed by atoms with Crippen molar-refractivity contribution in [1.29, 1.82) is 0 Å². The number of hydrogen-bond donors (Lipinski definition) is 0. The minimum Gasteiger partial charge on any atom is -0.385 e. The van der Waals surface area contributed by atoms with Crippen LogP contribution in [-0.2, 0) is 20.7 Å². The summed E-state index contributed by atoms with van der Waals surface area (Å²) in [6, 6.07) is 16.7. The van der Waals surface area contributed by atoms with E-state index in [1.54, 1.807) is 41.6 Å². The van der Waals surface area contributed by atoms with Crippen molar-refractivity contribution in [2.45, 2.75) is 18.9 Å². The molecule has 2 aromatic carbocycles. The molecule has 188 valence electrons. The fourth-order valence-electron chi connectivity index (χ4n) is 4.40. The minimum absolute atomic E-state index is 0.0249. The van der Waals surface area contributed by atoms with Crippen LogP contribution in [0.25, 0.3) is 6.08 Å². The van der Waals surface area contributed by atoms with E-state index in [2.05, 4.69) is 6.07 Å². The van der Waals surface area contributed by atoms with E-state index in [0.29, 0.717) is 36.2 Å². The number of hydrogen-bond acceptors (Lipinski definition) is 4. The summed E-state index contributed by atoms with van der Waals surface area (Å²) >= 11 is 14.4. The van der Waals surface area contributed by atoms with Gasteiger partial charge in [-0.15, -0.1) is 11.3 Å². The lowest BCUT2D eigenvalue weighted by Gasteiger charge is -2.38. The summed E-state index contributed by atoms with van der Waals surface area (Å²) in [5.74, 6) is -0.334. The molecule has 0 radical (unpaired) electrons. The molecule has 0 fully saturated rings. The fourth-order valence-corrected chi connectivity index (χ4v) is 5.82. The molecular weight excluding hydrogens is 515 g/mol. The summed E-state index contributed by atoms with van der Waals surface area (Å²) in [6.45, 7) is 1.45. The molecule has 1 atom stereocenters. The standard InChI is InChI=1S/C28H28Cl2N2O3S/c1-35-16-5-14-31(26(33)11-8-20-6-3-2-4-7-20)19-27(34)32-15-12-25-23(13-17-36-25)28(32)22-10-9-21(29)18-24(22)30/h2-4,6-11,13,17-18,28H,5,12,14-16,19H2,1H3. The third-order valence-corrected chi connectivity index (χ3v) is 7.73. The molecule has 0 bridgehead atoms. The Morgan fingerprint density at radius 3 is 2.69 bits per heavy atom. The molecule has 5 nitrogen and oxygen atoms in total. The van der Waals surface area contributed by atoms with Gasteiger partial charge in [0.25, 0.3) is 0 Å². The highest BCUT2D eigenvalue weighted by molar-refractivity contribution is 7.10. The Morgan fingerprint density at radius 2 is 1.94 bits per heavy atom. The van der Waals surface area contributed by atoms with Gasteiger partial charge in [-0.3, -0.25) is 9.59 Å². The lowest BCUT2D eigenvalue weighted by Crippen LogP contribution is -2.46. The van der Waals surface area contributed by atoms with E-state index >= 15 is 0 Å². The summed E-state index contributed by atoms with van der Waals surface area (Å²) in [5, 5.41) is 3.11. The number of methoxy groups -OCH3 is 1. The first kappa shape index (κ1) is 26.4. The van der Waals surface area contributed by atoms with Gasteiger partial charge in [0.05, 0.1) is 6.04 Å². The SMILES string of the molecule is COCCCN(CC(=O)N1CCc2sccc2C1c1ccc(Cl)cc1Cl)C(=O)C=Cc1ccccc1. The molecule has 3 aromatic rings. The van der Waals surface area contributed by atoms with Crippen LogP contribution in [0.3, 0.4) is 0 Å². The summed E-state index contributed by atoms with van der Waals surface area (Å²) in [5.41, 5.74) is 2.83. The Bertz CT molecular complexity index is 1230. The van der Waals surface area contributed by atoms with E-state index in [1.165, 1.54) is 11.0 Å². The Balaban J connectivity index is 1.58. The summed E-state index contributed by atoms with van der Waals surface area (Å²) in [4.78, 5) is 31.5. The van der Waals surface area contributed by atoms with Crippen molar-refractivity contribution in [3.05, 3.63) is 97.7 Å². The van der Waals surface area contributed by atoms with Crippen molar-refractivity contribution in [1.82, 2.24) is 9.80 Å². The van der Waals surface area contributed by atoms with Crippen LogP contribution in [0.4, 0.5) is 0 Å². The molecule has 2 amide bonds. The van der Waals surface area contributed by atoms with Crippen molar-refractivity contribution in [3.63, 3.8) is 0 Å². The number of fused-ring (bicyclic) bond motifs is 1. The van der Waals surface area contributed by atoms with Crippen molar-refractivity contribution < 1.29 is 14.3 Å². The van der Waals surface area contributed by atoms with E-state index in [9.17, 15) is 9.59 Å². The molecule has 1 aliphatic rings. The molecule has 1 aromatic heterocycles. The quantitative estimate of drug-likeness (QED) is 0.242. The number of halogens is 2. The topological polar surface area (TPSA) is 49.9 Å². The van der Waals surface area contributed by atoms with Gasteiger partial charge in [0, 0.05) is 47.8 Å². The Labute approximate surface area is 225 Å². The van der Waals surface area contributed by atoms with Gasteiger partial charge >= 0.3 is 0 Å². The van der Waals surface area contributed by atoms with Gasteiger partial charge in [-0.25, -0.2) is 0 Å². The smallest absolute Gasteiger partial charge is 0.247 e. The van der Waals surface area contributed by atoms with Crippen LogP contribution in [0.1, 0.15) is 34.0 Å². The zero-order valence-corrected chi connectivity index (χ0v) is 22.4. The third kappa shape index (κ3) is 6.37. The number of rotatable bonds is 9. The highest BCUT2D eigenvalue weighted by Gasteiger charge is 2.34. The van der Waals surface area contributed by atoms with Crippen molar-refractivity contribution in [2.75, 3.05) is 33.4 Å². The molecule has 0 N–H and O–H groups in total. The molecule has 8 heteroatoms. The van der Waals surface area contributed by atoms with E-state index in [4.69, 9.17) is 27.9 Å². The predicted molar refractivity (Wildman–Crippen MR) is 147 cm³/mol. The van der Waals surface area contributed by atoms with Gasteiger partial charge in [-0.05, 0) is 59.2 Å². The molecule has 0 saturated carbocycles. The first-order chi connectivity index (χ1) is 17.5. The largest absolute Gasteiger partial charge is 0.385 e. The fraction of sp³-hybridized carbons (Fsp3) is 0.286. The van der Waals surface area contributed by atoms with Crippen LogP contribution in [0.5, 0.6) is 0 Å². The second-order valence-electron chi connectivity index (χ2n) is 8.55. The third-order valence-electron chi connectivity index (χ3n) is 6.18. The van der Waals surface area contributed by atoms with Crippen LogP contribution in [-0.4, -0.2) is 55.0 Å². The number of carbonyl (C=O) groups is 2. The second-order valence-corrected chi connectivity index (χ2v) is 10.4. The molecule has 1 unspecified atom stereocenters. The van der Waals surface area contributed by atoms with Gasteiger partial charge in [-0.1, -0.05) is 59.6 Å². The van der Waals surface area contributed by atoms with Crippen LogP contribution >= 0.6 is 34.5 Å². The number of thiophene rings is 1. The predicted octanol–water partition coefficient (Wildman–Crippen LogP) is 6.11. The molecule has 0 aliphatic carbocycles. The van der Waals surface area contributed by atoms with Gasteiger partial charge in [0.15, 0.2) is 0 Å². The number of nitrogens with zero attached hydrogens (tertiary/aromatic N) is 2. The van der Waals surface area contributed by atoms with Crippen LogP contribution < -0.4 is 0 Å². The molecule has 1 aliphatic heterocycles. The van der Waals surface area contributed by atoms with E-state index in [1.807, 2.05) is 46.7 Å². The molecule has 36 heavy (non-hydrogen) atoms. The number of carbonyl (C=O) groups excluding carboxylic acids is 2. The minimum atomic E-state index is -0.326. The number of benzene rings is 2. The maximum atomic E-state index is 13.7. The first-order valence-corrected chi connectivity index (χ1v) is 13.4. The molecule has 2 heterocycles. The maximum Gasteiger partial charge on any atom is 0.247 e. The molecule has 0 spiro atoms. The van der Waals surface area contributed by atoms with Crippen molar-refractivity contribution in [3.8, 4) is 0 Å². The van der Waals surface area contributed by atoms with E-state index in [0.717, 1.165) is 23.1 Å². The number of amides is 2. The normalized spacial score (nSPS) is 15.2. The van der Waals surface area contributed by atoms with Crippen LogP contribution in [0.15, 0.2) is 66.1 Å². The highest BCUT2D eigenvalue weighted by atomic mass is 35.5. The summed E-state index contributed by atoms with van der Waals surface area (Å²) < 4.78 is 5.17. The summed E-state index contributed by atoms with van der Waals surface area (Å²) in [7, 11) is 1.62. The first-order valence-electron chi connectivity index (χ1n) is 11.8. The summed E-state index contributed by atoms with van der Waals surface area (Å²) in [6.07, 6.45) is 4.70. The zero-order valence-electron chi connectivity index (χ0n) is 20.0. The maximum absolute atomic E-state index is 13.7. The van der Waals surface area contributed by atoms with Gasteiger partial charge < -0.3 is 14.5 Å². The number of ether oxygens (including phenoxy) is 1. The Kier molecular flexibility index (Phi) is 9.21. The average molecular weight is 544 g/mol. The molecule has 0 saturated heterocycles. The van der Waals surface area contributed by atoms with Crippen molar-refractivity contribution in [2.24, 2.45) is 0 Å². The van der Waals surface area contributed by atoms with E-state index < -0.39 is 0 Å². The lowest BCUT2D eigenvalue weighted by molar-refractivity contribution is -0.139. The molecule has 4 rings (SSSR count). The monoisotopic (exact) mass is 542 g/mol. The Hall–Kier alpha value is -2.64. The van der Waals surface area contributed by atoms with Gasteiger partial charge in [0.1, 0.15) is 6.54 Å².